The summed E-state index contributed by atoms with van der Waals surface area (Å²) in [4.78, 5) is 0. The largest absolute Gasteiger partial charge is 0.495 e. The van der Waals surface area contributed by atoms with Crippen LogP contribution in [0.15, 0.2) is 24.3 Å². The van der Waals surface area contributed by atoms with Crippen LogP contribution in [-0.2, 0) is 0 Å². The van der Waals surface area contributed by atoms with Crippen LogP contribution in [0.5, 0.6) is 23.0 Å². The van der Waals surface area contributed by atoms with Crippen LogP contribution in [0.2, 0.25) is 0 Å². The van der Waals surface area contributed by atoms with Gasteiger partial charge in [-0.15, -0.1) is 0 Å². The van der Waals surface area contributed by atoms with E-state index in [-0.39, 0.29) is 0 Å². The maximum Gasteiger partial charge on any atom is 0.205 e. The average Bonchev–Trinajstić information content (AvgIpc) is 2.60. The van der Waals surface area contributed by atoms with Crippen LogP contribution in [0.4, 0.5) is 11.4 Å². The van der Waals surface area contributed by atoms with Gasteiger partial charge in [0, 0.05) is 5.56 Å². The molecular weight excluding hydrogens is 308 g/mol. The molecule has 2 rings (SSSR count). The molecule has 0 aliphatic carbocycles. The second kappa shape index (κ2) is 7.50. The van der Waals surface area contributed by atoms with Crippen LogP contribution in [-0.4, -0.2) is 28.4 Å². The van der Waals surface area contributed by atoms with Crippen molar-refractivity contribution < 1.29 is 18.9 Å². The minimum Gasteiger partial charge on any atom is -0.495 e. The van der Waals surface area contributed by atoms with E-state index in [1.807, 2.05) is 30.4 Å². The summed E-state index contributed by atoms with van der Waals surface area (Å²) >= 11 is 0. The van der Waals surface area contributed by atoms with E-state index in [1.165, 1.54) is 14.2 Å². The number of hydrogen-bond acceptors (Lipinski definition) is 6. The molecule has 0 spiro atoms. The van der Waals surface area contributed by atoms with Crippen molar-refractivity contribution in [2.24, 2.45) is 0 Å². The highest BCUT2D eigenvalue weighted by molar-refractivity contribution is 5.83. The molecule has 0 unspecified atom stereocenters. The monoisotopic (exact) mass is 330 g/mol. The first-order valence-electron chi connectivity index (χ1n) is 7.25. The van der Waals surface area contributed by atoms with Gasteiger partial charge in [0.25, 0.3) is 0 Å². The van der Waals surface area contributed by atoms with Gasteiger partial charge in [0.05, 0.1) is 39.8 Å². The maximum atomic E-state index is 6.18. The summed E-state index contributed by atoms with van der Waals surface area (Å²) < 4.78 is 21.2. The number of ether oxygens (including phenoxy) is 4. The predicted molar refractivity (Wildman–Crippen MR) is 96.8 cm³/mol. The minimum atomic E-state index is 0.436. The highest BCUT2D eigenvalue weighted by Gasteiger charge is 2.17. The molecule has 0 aliphatic rings. The topological polar surface area (TPSA) is 89.0 Å². The van der Waals surface area contributed by atoms with E-state index >= 15 is 0 Å². The molecule has 0 bridgehead atoms. The summed E-state index contributed by atoms with van der Waals surface area (Å²) in [6.07, 6.45) is 3.76. The van der Waals surface area contributed by atoms with E-state index in [0.717, 1.165) is 11.1 Å². The molecule has 2 aromatic carbocycles. The predicted octanol–water partition coefficient (Wildman–Crippen LogP) is 3.06. The molecule has 0 aliphatic heterocycles. The SMILES string of the molecule is COc1ccc(/C=C/c2cc(OC)c(OC)c(OC)c2N)cc1N. The smallest absolute Gasteiger partial charge is 0.205 e. The van der Waals surface area contributed by atoms with Crippen LogP contribution < -0.4 is 30.4 Å². The third-order valence-electron chi connectivity index (χ3n) is 3.61. The normalized spacial score (nSPS) is 10.7. The van der Waals surface area contributed by atoms with Gasteiger partial charge in [0.15, 0.2) is 11.5 Å². The van der Waals surface area contributed by atoms with Gasteiger partial charge < -0.3 is 30.4 Å². The van der Waals surface area contributed by atoms with Gasteiger partial charge in [-0.1, -0.05) is 18.2 Å². The Balaban J connectivity index is 2.43. The van der Waals surface area contributed by atoms with Crippen LogP contribution in [0, 0.1) is 0 Å². The molecule has 2 aromatic rings. The van der Waals surface area contributed by atoms with Crippen molar-refractivity contribution in [3.05, 3.63) is 35.4 Å². The van der Waals surface area contributed by atoms with Gasteiger partial charge in [-0.25, -0.2) is 0 Å². The minimum absolute atomic E-state index is 0.436. The summed E-state index contributed by atoms with van der Waals surface area (Å²) in [7, 11) is 6.21. The summed E-state index contributed by atoms with van der Waals surface area (Å²) in [5.41, 5.74) is 14.8. The lowest BCUT2D eigenvalue weighted by atomic mass is 10.1. The molecule has 0 fully saturated rings. The quantitative estimate of drug-likeness (QED) is 0.625. The number of benzene rings is 2. The van der Waals surface area contributed by atoms with Crippen molar-refractivity contribution in [3.8, 4) is 23.0 Å². The lowest BCUT2D eigenvalue weighted by Gasteiger charge is -2.16. The number of methoxy groups -OCH3 is 4. The second-order valence-corrected chi connectivity index (χ2v) is 4.98. The molecule has 4 N–H and O–H groups in total. The Labute approximate surface area is 141 Å². The molecule has 128 valence electrons. The molecule has 0 aromatic heterocycles. The van der Waals surface area contributed by atoms with Gasteiger partial charge in [-0.05, 0) is 23.8 Å². The molecule has 0 amide bonds. The first kappa shape index (κ1) is 17.3. The van der Waals surface area contributed by atoms with Crippen molar-refractivity contribution in [2.45, 2.75) is 0 Å². The molecule has 0 atom stereocenters. The van der Waals surface area contributed by atoms with E-state index < -0.39 is 0 Å². The Hall–Kier alpha value is -3.02. The standard InChI is InChI=1S/C18H22N2O4/c1-21-14-8-6-11(9-13(14)19)5-7-12-10-15(22-2)17(23-3)18(24-4)16(12)20/h5-10H,19-20H2,1-4H3/b7-5+. The highest BCUT2D eigenvalue weighted by atomic mass is 16.5. The zero-order valence-corrected chi connectivity index (χ0v) is 14.3. The van der Waals surface area contributed by atoms with Gasteiger partial charge in [-0.3, -0.25) is 0 Å². The van der Waals surface area contributed by atoms with Gasteiger partial charge in [0.2, 0.25) is 5.75 Å². The van der Waals surface area contributed by atoms with Crippen molar-refractivity contribution in [2.75, 3.05) is 39.9 Å². The van der Waals surface area contributed by atoms with E-state index in [1.54, 1.807) is 20.3 Å². The fourth-order valence-corrected chi connectivity index (χ4v) is 2.38. The van der Waals surface area contributed by atoms with Gasteiger partial charge >= 0.3 is 0 Å². The van der Waals surface area contributed by atoms with Crippen molar-refractivity contribution in [3.63, 3.8) is 0 Å². The molecule has 0 heterocycles. The summed E-state index contributed by atoms with van der Waals surface area (Å²) in [6, 6.07) is 7.33. The Bertz CT molecular complexity index is 757. The van der Waals surface area contributed by atoms with Crippen molar-refractivity contribution in [1.82, 2.24) is 0 Å². The molecule has 6 nitrogen and oxygen atoms in total. The van der Waals surface area contributed by atoms with Gasteiger partial charge in [-0.2, -0.15) is 0 Å². The van der Waals surface area contributed by atoms with E-state index in [2.05, 4.69) is 0 Å². The molecule has 24 heavy (non-hydrogen) atoms. The summed E-state index contributed by atoms with van der Waals surface area (Å²) in [5, 5.41) is 0. The van der Waals surface area contributed by atoms with Crippen molar-refractivity contribution in [1.29, 1.82) is 0 Å². The fourth-order valence-electron chi connectivity index (χ4n) is 2.38. The zero-order chi connectivity index (χ0) is 17.7. The lowest BCUT2D eigenvalue weighted by molar-refractivity contribution is 0.325. The van der Waals surface area contributed by atoms with Crippen LogP contribution in [0.1, 0.15) is 11.1 Å². The third kappa shape index (κ3) is 3.32. The molecule has 0 saturated carbocycles. The molecule has 0 radical (unpaired) electrons. The Morgan fingerprint density at radius 2 is 1.42 bits per heavy atom. The Morgan fingerprint density at radius 3 is 1.96 bits per heavy atom. The number of anilines is 2. The summed E-state index contributed by atoms with van der Waals surface area (Å²) in [6.45, 7) is 0. The Morgan fingerprint density at radius 1 is 0.750 bits per heavy atom. The first-order valence-corrected chi connectivity index (χ1v) is 7.25. The summed E-state index contributed by atoms with van der Waals surface area (Å²) in [5.74, 6) is 2.07. The molecule has 0 saturated heterocycles. The third-order valence-corrected chi connectivity index (χ3v) is 3.61. The van der Waals surface area contributed by atoms with Crippen LogP contribution >= 0.6 is 0 Å². The average molecular weight is 330 g/mol. The molecule has 6 heteroatoms. The van der Waals surface area contributed by atoms with E-state index in [9.17, 15) is 0 Å². The lowest BCUT2D eigenvalue weighted by Crippen LogP contribution is -2.01. The Kier molecular flexibility index (Phi) is 5.42. The van der Waals surface area contributed by atoms with Crippen LogP contribution in [0.25, 0.3) is 12.2 Å². The fraction of sp³-hybridized carbons (Fsp3) is 0.222. The number of nitrogen functional groups attached to an aromatic ring is 2. The highest BCUT2D eigenvalue weighted by Crippen LogP contribution is 2.44. The number of hydrogen-bond donors (Lipinski definition) is 2. The van der Waals surface area contributed by atoms with Crippen molar-refractivity contribution >= 4 is 23.5 Å². The van der Waals surface area contributed by atoms with E-state index in [0.29, 0.717) is 34.4 Å². The van der Waals surface area contributed by atoms with Crippen LogP contribution in [0.3, 0.4) is 0 Å². The first-order chi connectivity index (χ1) is 11.5. The van der Waals surface area contributed by atoms with E-state index in [4.69, 9.17) is 30.4 Å². The molecular formula is C18H22N2O4. The zero-order valence-electron chi connectivity index (χ0n) is 14.3. The number of nitrogens with two attached hydrogens (primary N) is 2. The number of rotatable bonds is 6. The maximum absolute atomic E-state index is 6.18. The van der Waals surface area contributed by atoms with Gasteiger partial charge in [0.1, 0.15) is 5.75 Å². The second-order valence-electron chi connectivity index (χ2n) is 4.98.